The molecule has 1 aromatic rings. The molecule has 1 aliphatic rings. The van der Waals surface area contributed by atoms with E-state index in [2.05, 4.69) is 14.9 Å². The molecule has 1 saturated heterocycles. The monoisotopic (exact) mass is 255 g/mol. The zero-order valence-corrected chi connectivity index (χ0v) is 11.1. The second kappa shape index (κ2) is 5.65. The Bertz CT molecular complexity index is 366. The van der Waals surface area contributed by atoms with Gasteiger partial charge in [0.05, 0.1) is 12.6 Å². The third kappa shape index (κ3) is 3.07. The third-order valence-corrected chi connectivity index (χ3v) is 3.17. The number of aryl methyl sites for hydroxylation is 1. The van der Waals surface area contributed by atoms with E-state index >= 15 is 0 Å². The van der Waals surface area contributed by atoms with Crippen LogP contribution < -0.4 is 4.90 Å². The summed E-state index contributed by atoms with van der Waals surface area (Å²) in [4.78, 5) is 10.8. The quantitative estimate of drug-likeness (QED) is 0.775. The molecule has 0 amide bonds. The highest BCUT2D eigenvalue weighted by atomic mass is 35.5. The molecule has 2 heterocycles. The first-order chi connectivity index (χ1) is 8.20. The fourth-order valence-corrected chi connectivity index (χ4v) is 2.45. The number of anilines is 1. The number of rotatable bonds is 4. The minimum atomic E-state index is 0.417. The van der Waals surface area contributed by atoms with Crippen LogP contribution in [0.2, 0.25) is 5.15 Å². The molecule has 0 radical (unpaired) electrons. The summed E-state index contributed by atoms with van der Waals surface area (Å²) in [7, 11) is 0. The molecule has 5 heteroatoms. The zero-order valence-electron chi connectivity index (χ0n) is 10.3. The summed E-state index contributed by atoms with van der Waals surface area (Å²) in [5.41, 5.74) is 0. The molecule has 0 N–H and O–H groups in total. The molecule has 1 aliphatic heterocycles. The molecule has 0 bridgehead atoms. The van der Waals surface area contributed by atoms with Crippen molar-refractivity contribution in [2.24, 2.45) is 0 Å². The SMILES string of the molecule is CCOC[C@@H]1CCCN1c1cc(Cl)nc(C)n1. The molecule has 1 aromatic heterocycles. The van der Waals surface area contributed by atoms with Gasteiger partial charge in [-0.1, -0.05) is 11.6 Å². The van der Waals surface area contributed by atoms with Crippen LogP contribution in [0.3, 0.4) is 0 Å². The van der Waals surface area contributed by atoms with Gasteiger partial charge in [-0.05, 0) is 26.7 Å². The van der Waals surface area contributed by atoms with Crippen molar-refractivity contribution in [3.8, 4) is 0 Å². The van der Waals surface area contributed by atoms with Crippen molar-refractivity contribution >= 4 is 17.4 Å². The van der Waals surface area contributed by atoms with Crippen molar-refractivity contribution in [2.75, 3.05) is 24.7 Å². The zero-order chi connectivity index (χ0) is 12.3. The van der Waals surface area contributed by atoms with Gasteiger partial charge < -0.3 is 9.64 Å². The van der Waals surface area contributed by atoms with Crippen LogP contribution in [0.15, 0.2) is 6.07 Å². The molecular weight excluding hydrogens is 238 g/mol. The summed E-state index contributed by atoms with van der Waals surface area (Å²) in [6.45, 7) is 6.42. The first kappa shape index (κ1) is 12.6. The number of nitrogens with zero attached hydrogens (tertiary/aromatic N) is 3. The fraction of sp³-hybridized carbons (Fsp3) is 0.667. The average Bonchev–Trinajstić information content (AvgIpc) is 2.73. The van der Waals surface area contributed by atoms with E-state index < -0.39 is 0 Å². The van der Waals surface area contributed by atoms with E-state index in [1.54, 1.807) is 0 Å². The summed E-state index contributed by atoms with van der Waals surface area (Å²) in [5.74, 6) is 1.64. The number of hydrogen-bond donors (Lipinski definition) is 0. The predicted octanol–water partition coefficient (Wildman–Crippen LogP) is 2.44. The van der Waals surface area contributed by atoms with Gasteiger partial charge in [-0.2, -0.15) is 0 Å². The van der Waals surface area contributed by atoms with Crippen molar-refractivity contribution < 1.29 is 4.74 Å². The summed E-state index contributed by atoms with van der Waals surface area (Å²) in [5, 5.41) is 0.509. The Morgan fingerprint density at radius 2 is 2.35 bits per heavy atom. The maximum atomic E-state index is 5.97. The largest absolute Gasteiger partial charge is 0.380 e. The standard InChI is InChI=1S/C12H18ClN3O/c1-3-17-8-10-5-4-6-16(10)12-7-11(13)14-9(2)15-12/h7,10H,3-6,8H2,1-2H3/t10-/m0/s1. The Balaban J connectivity index is 2.14. The molecule has 2 rings (SSSR count). The van der Waals surface area contributed by atoms with Crippen molar-refractivity contribution in [2.45, 2.75) is 32.7 Å². The van der Waals surface area contributed by atoms with Crippen LogP contribution in [0.25, 0.3) is 0 Å². The fourth-order valence-electron chi connectivity index (χ4n) is 2.23. The lowest BCUT2D eigenvalue weighted by Gasteiger charge is -2.25. The normalized spacial score (nSPS) is 19.9. The lowest BCUT2D eigenvalue weighted by Crippen LogP contribution is -2.34. The van der Waals surface area contributed by atoms with Crippen molar-refractivity contribution in [1.82, 2.24) is 9.97 Å². The number of hydrogen-bond acceptors (Lipinski definition) is 4. The molecule has 0 saturated carbocycles. The maximum absolute atomic E-state index is 5.97. The minimum Gasteiger partial charge on any atom is -0.380 e. The first-order valence-corrected chi connectivity index (χ1v) is 6.44. The van der Waals surface area contributed by atoms with Gasteiger partial charge in [-0.25, -0.2) is 9.97 Å². The molecule has 4 nitrogen and oxygen atoms in total. The number of halogens is 1. The van der Waals surface area contributed by atoms with Crippen LogP contribution >= 0.6 is 11.6 Å². The van der Waals surface area contributed by atoms with E-state index in [1.165, 1.54) is 6.42 Å². The van der Waals surface area contributed by atoms with E-state index in [-0.39, 0.29) is 0 Å². The van der Waals surface area contributed by atoms with Crippen LogP contribution in [0, 0.1) is 6.92 Å². The first-order valence-electron chi connectivity index (χ1n) is 6.06. The molecule has 0 spiro atoms. The van der Waals surface area contributed by atoms with Gasteiger partial charge in [0.25, 0.3) is 0 Å². The molecule has 0 aromatic carbocycles. The highest BCUT2D eigenvalue weighted by molar-refractivity contribution is 6.29. The second-order valence-corrected chi connectivity index (χ2v) is 4.63. The Morgan fingerprint density at radius 1 is 1.53 bits per heavy atom. The van der Waals surface area contributed by atoms with E-state index in [9.17, 15) is 0 Å². The lowest BCUT2D eigenvalue weighted by atomic mass is 10.2. The van der Waals surface area contributed by atoms with Crippen LogP contribution in [-0.4, -0.2) is 35.8 Å². The Labute approximate surface area is 107 Å². The lowest BCUT2D eigenvalue weighted by molar-refractivity contribution is 0.133. The van der Waals surface area contributed by atoms with E-state index in [1.807, 2.05) is 19.9 Å². The van der Waals surface area contributed by atoms with Gasteiger partial charge in [-0.3, -0.25) is 0 Å². The Kier molecular flexibility index (Phi) is 4.18. The van der Waals surface area contributed by atoms with Crippen LogP contribution in [0.1, 0.15) is 25.6 Å². The van der Waals surface area contributed by atoms with E-state index in [0.717, 1.165) is 37.8 Å². The van der Waals surface area contributed by atoms with Crippen molar-refractivity contribution in [3.05, 3.63) is 17.0 Å². The van der Waals surface area contributed by atoms with E-state index in [4.69, 9.17) is 16.3 Å². The third-order valence-electron chi connectivity index (χ3n) is 2.98. The number of ether oxygens (including phenoxy) is 1. The summed E-state index contributed by atoms with van der Waals surface area (Å²) in [6.07, 6.45) is 2.33. The second-order valence-electron chi connectivity index (χ2n) is 4.24. The molecule has 1 atom stereocenters. The van der Waals surface area contributed by atoms with Gasteiger partial charge in [0, 0.05) is 19.2 Å². The predicted molar refractivity (Wildman–Crippen MR) is 68.6 cm³/mol. The minimum absolute atomic E-state index is 0.417. The topological polar surface area (TPSA) is 38.2 Å². The molecule has 17 heavy (non-hydrogen) atoms. The Hall–Kier alpha value is -0.870. The van der Waals surface area contributed by atoms with Crippen molar-refractivity contribution in [3.63, 3.8) is 0 Å². The van der Waals surface area contributed by atoms with Gasteiger partial charge >= 0.3 is 0 Å². The van der Waals surface area contributed by atoms with Crippen LogP contribution in [0.4, 0.5) is 5.82 Å². The number of aromatic nitrogens is 2. The van der Waals surface area contributed by atoms with Gasteiger partial charge in [0.1, 0.15) is 16.8 Å². The highest BCUT2D eigenvalue weighted by Crippen LogP contribution is 2.25. The highest BCUT2D eigenvalue weighted by Gasteiger charge is 2.26. The van der Waals surface area contributed by atoms with Gasteiger partial charge in [-0.15, -0.1) is 0 Å². The van der Waals surface area contributed by atoms with Crippen molar-refractivity contribution in [1.29, 1.82) is 0 Å². The summed E-state index contributed by atoms with van der Waals surface area (Å²) < 4.78 is 5.51. The average molecular weight is 256 g/mol. The van der Waals surface area contributed by atoms with Gasteiger partial charge in [0.2, 0.25) is 0 Å². The molecule has 1 fully saturated rings. The van der Waals surface area contributed by atoms with Crippen LogP contribution in [-0.2, 0) is 4.74 Å². The molecule has 94 valence electrons. The maximum Gasteiger partial charge on any atom is 0.134 e. The smallest absolute Gasteiger partial charge is 0.134 e. The van der Waals surface area contributed by atoms with Gasteiger partial charge in [0.15, 0.2) is 0 Å². The Morgan fingerprint density at radius 3 is 3.06 bits per heavy atom. The summed E-state index contributed by atoms with van der Waals surface area (Å²) >= 11 is 5.97. The summed E-state index contributed by atoms with van der Waals surface area (Å²) in [6, 6.07) is 2.25. The van der Waals surface area contributed by atoms with Crippen LogP contribution in [0.5, 0.6) is 0 Å². The molecule has 0 unspecified atom stereocenters. The van der Waals surface area contributed by atoms with E-state index in [0.29, 0.717) is 11.2 Å². The molecule has 0 aliphatic carbocycles. The molecular formula is C12H18ClN3O.